The van der Waals surface area contributed by atoms with Crippen LogP contribution in [0.4, 0.5) is 11.4 Å². The molecule has 0 atom stereocenters. The lowest BCUT2D eigenvalue weighted by Crippen LogP contribution is -2.42. The molecule has 0 fully saturated rings. The molecule has 0 aliphatic heterocycles. The molecule has 4 aromatic carbocycles. The highest BCUT2D eigenvalue weighted by Gasteiger charge is 2.30. The van der Waals surface area contributed by atoms with Crippen molar-refractivity contribution in [3.05, 3.63) is 108 Å². The minimum absolute atomic E-state index is 0.0414. The summed E-state index contributed by atoms with van der Waals surface area (Å²) < 4.78 is 0. The number of hydrogen-bond donors (Lipinski definition) is 0. The minimum Gasteiger partial charge on any atom is -0.336 e. The van der Waals surface area contributed by atoms with Crippen LogP contribution in [0.2, 0.25) is 0 Å². The van der Waals surface area contributed by atoms with Crippen LogP contribution in [0.3, 0.4) is 0 Å². The Bertz CT molecular complexity index is 1570. The average Bonchev–Trinajstić information content (AvgIpc) is 3.19. The van der Waals surface area contributed by atoms with Gasteiger partial charge in [0.1, 0.15) is 0 Å². The van der Waals surface area contributed by atoms with Crippen LogP contribution in [0.25, 0.3) is 22.3 Å². The van der Waals surface area contributed by atoms with E-state index in [1.54, 1.807) is 0 Å². The molecule has 0 saturated heterocycles. The Morgan fingerprint density at radius 1 is 0.442 bits per heavy atom. The quantitative estimate of drug-likeness (QED) is 0.0697. The Hall–Kier alpha value is -3.32. The molecule has 0 aliphatic carbocycles. The SMILES string of the molecule is CCCCCCCCc1cc(-c2ccc(N(c3ccccc3)C(C)(CC)CC)cc2)c(CCCCCCC)cc1-c1ccc(C(C)(CC)CC)cc1. The molecule has 1 heteroatoms. The molecule has 0 aliphatic rings. The van der Waals surface area contributed by atoms with E-state index in [0.29, 0.717) is 0 Å². The van der Waals surface area contributed by atoms with E-state index in [0.717, 1.165) is 25.7 Å². The molecule has 0 aromatic heterocycles. The van der Waals surface area contributed by atoms with Gasteiger partial charge in [-0.1, -0.05) is 173 Å². The number of aryl methyl sites for hydroxylation is 2. The smallest absolute Gasteiger partial charge is 0.0418 e. The molecule has 0 unspecified atom stereocenters. The largest absolute Gasteiger partial charge is 0.336 e. The van der Waals surface area contributed by atoms with Crippen LogP contribution >= 0.6 is 0 Å². The number of benzene rings is 4. The third-order valence-corrected chi connectivity index (χ3v) is 12.6. The fraction of sp³-hybridized carbons (Fsp3) is 0.529. The van der Waals surface area contributed by atoms with Crippen molar-refractivity contribution in [2.45, 2.75) is 175 Å². The summed E-state index contributed by atoms with van der Waals surface area (Å²) in [6.45, 7) is 18.8. The van der Waals surface area contributed by atoms with Crippen molar-refractivity contribution >= 4 is 11.4 Å². The van der Waals surface area contributed by atoms with E-state index in [9.17, 15) is 0 Å². The first-order valence-corrected chi connectivity index (χ1v) is 21.5. The first-order valence-electron chi connectivity index (χ1n) is 21.5. The normalized spacial score (nSPS) is 12.0. The number of anilines is 2. The van der Waals surface area contributed by atoms with Gasteiger partial charge in [0.15, 0.2) is 0 Å². The van der Waals surface area contributed by atoms with E-state index in [1.165, 1.54) is 134 Å². The van der Waals surface area contributed by atoms with E-state index in [-0.39, 0.29) is 11.0 Å². The summed E-state index contributed by atoms with van der Waals surface area (Å²) in [5.74, 6) is 0. The topological polar surface area (TPSA) is 3.24 Å². The van der Waals surface area contributed by atoms with Gasteiger partial charge in [0.25, 0.3) is 0 Å². The molecular formula is C51H73N. The Labute approximate surface area is 320 Å². The van der Waals surface area contributed by atoms with Crippen molar-refractivity contribution in [1.82, 2.24) is 0 Å². The van der Waals surface area contributed by atoms with Gasteiger partial charge in [-0.15, -0.1) is 0 Å². The lowest BCUT2D eigenvalue weighted by molar-refractivity contribution is 0.428. The molecular weight excluding hydrogens is 627 g/mol. The second-order valence-corrected chi connectivity index (χ2v) is 16.1. The third kappa shape index (κ3) is 10.6. The van der Waals surface area contributed by atoms with Crippen LogP contribution in [0.15, 0.2) is 91.0 Å². The van der Waals surface area contributed by atoms with Gasteiger partial charge < -0.3 is 4.90 Å². The highest BCUT2D eigenvalue weighted by molar-refractivity contribution is 5.78. The average molecular weight is 700 g/mol. The lowest BCUT2D eigenvalue weighted by Gasteiger charge is -2.42. The summed E-state index contributed by atoms with van der Waals surface area (Å²) in [5.41, 5.74) is 12.9. The third-order valence-electron chi connectivity index (χ3n) is 12.6. The maximum Gasteiger partial charge on any atom is 0.0418 e. The predicted octanol–water partition coefficient (Wildman–Crippen LogP) is 16.2. The molecule has 0 bridgehead atoms. The van der Waals surface area contributed by atoms with Crippen molar-refractivity contribution in [1.29, 1.82) is 0 Å². The van der Waals surface area contributed by atoms with Gasteiger partial charge in [-0.25, -0.2) is 0 Å². The van der Waals surface area contributed by atoms with E-state index in [2.05, 4.69) is 151 Å². The number of rotatable bonds is 23. The minimum atomic E-state index is 0.0414. The maximum atomic E-state index is 2.60. The Kier molecular flexibility index (Phi) is 16.6. The number of para-hydroxylation sites is 1. The van der Waals surface area contributed by atoms with Gasteiger partial charge in [0.2, 0.25) is 0 Å². The number of hydrogen-bond acceptors (Lipinski definition) is 1. The van der Waals surface area contributed by atoms with Crippen LogP contribution in [0, 0.1) is 0 Å². The monoisotopic (exact) mass is 700 g/mol. The van der Waals surface area contributed by atoms with E-state index in [1.807, 2.05) is 0 Å². The van der Waals surface area contributed by atoms with Gasteiger partial charge in [-0.3, -0.25) is 0 Å². The van der Waals surface area contributed by atoms with Crippen LogP contribution < -0.4 is 4.90 Å². The molecule has 0 spiro atoms. The standard InChI is InChI=1S/C51H73N/c1-9-15-17-19-21-24-28-43-40-49(42-33-37-47(38-34-42)52(51(8,13-5)14-6)46-29-25-22-26-30-46)44(27-23-20-18-16-10-2)39-48(43)41-31-35-45(36-32-41)50(7,11-3)12-4/h22,25-26,29-40H,9-21,23-24,27-28H2,1-8H3. The Morgan fingerprint density at radius 3 is 1.31 bits per heavy atom. The molecule has 0 N–H and O–H groups in total. The van der Waals surface area contributed by atoms with E-state index >= 15 is 0 Å². The molecule has 0 saturated carbocycles. The van der Waals surface area contributed by atoms with E-state index < -0.39 is 0 Å². The van der Waals surface area contributed by atoms with Crippen LogP contribution in [-0.2, 0) is 18.3 Å². The van der Waals surface area contributed by atoms with Crippen molar-refractivity contribution in [3.63, 3.8) is 0 Å². The summed E-state index contributed by atoms with van der Waals surface area (Å²) in [6, 6.07) is 35.5. The Morgan fingerprint density at radius 2 is 0.865 bits per heavy atom. The van der Waals surface area contributed by atoms with Crippen molar-refractivity contribution in [2.75, 3.05) is 4.90 Å². The zero-order valence-electron chi connectivity index (χ0n) is 34.6. The first kappa shape index (κ1) is 41.4. The van der Waals surface area contributed by atoms with Gasteiger partial charge in [0.05, 0.1) is 0 Å². The molecule has 282 valence electrons. The van der Waals surface area contributed by atoms with Crippen LogP contribution in [0.5, 0.6) is 0 Å². The predicted molar refractivity (Wildman–Crippen MR) is 232 cm³/mol. The maximum absolute atomic E-state index is 2.60. The second kappa shape index (κ2) is 20.8. The zero-order chi connectivity index (χ0) is 37.4. The molecule has 0 heterocycles. The number of nitrogens with zero attached hydrogens (tertiary/aromatic N) is 1. The van der Waals surface area contributed by atoms with Crippen molar-refractivity contribution < 1.29 is 0 Å². The molecule has 52 heavy (non-hydrogen) atoms. The summed E-state index contributed by atoms with van der Waals surface area (Å²) in [6.07, 6.45) is 21.2. The number of unbranched alkanes of at least 4 members (excludes halogenated alkanes) is 9. The molecule has 4 rings (SSSR count). The van der Waals surface area contributed by atoms with Gasteiger partial charge >= 0.3 is 0 Å². The van der Waals surface area contributed by atoms with E-state index in [4.69, 9.17) is 0 Å². The van der Waals surface area contributed by atoms with Gasteiger partial charge in [-0.05, 0) is 127 Å². The van der Waals surface area contributed by atoms with Crippen LogP contribution in [0.1, 0.15) is 168 Å². The van der Waals surface area contributed by atoms with Gasteiger partial charge in [0, 0.05) is 16.9 Å². The van der Waals surface area contributed by atoms with Crippen LogP contribution in [-0.4, -0.2) is 5.54 Å². The Balaban J connectivity index is 1.79. The first-order chi connectivity index (χ1) is 25.3. The highest BCUT2D eigenvalue weighted by atomic mass is 15.2. The fourth-order valence-corrected chi connectivity index (χ4v) is 8.07. The molecule has 4 aromatic rings. The fourth-order valence-electron chi connectivity index (χ4n) is 8.07. The summed E-state index contributed by atoms with van der Waals surface area (Å²) in [4.78, 5) is 2.57. The van der Waals surface area contributed by atoms with Crippen molar-refractivity contribution in [3.8, 4) is 22.3 Å². The zero-order valence-corrected chi connectivity index (χ0v) is 34.6. The highest BCUT2D eigenvalue weighted by Crippen LogP contribution is 2.40. The lowest BCUT2D eigenvalue weighted by atomic mass is 9.77. The van der Waals surface area contributed by atoms with Crippen molar-refractivity contribution in [2.24, 2.45) is 0 Å². The summed E-state index contributed by atoms with van der Waals surface area (Å²) >= 11 is 0. The summed E-state index contributed by atoms with van der Waals surface area (Å²) in [5, 5.41) is 0. The molecule has 1 nitrogen and oxygen atoms in total. The molecule has 0 amide bonds. The second-order valence-electron chi connectivity index (χ2n) is 16.1. The summed E-state index contributed by atoms with van der Waals surface area (Å²) in [7, 11) is 0. The molecule has 0 radical (unpaired) electrons. The van der Waals surface area contributed by atoms with Gasteiger partial charge in [-0.2, -0.15) is 0 Å².